The van der Waals surface area contributed by atoms with Gasteiger partial charge in [0.25, 0.3) is 10.0 Å². The van der Waals surface area contributed by atoms with E-state index in [0.29, 0.717) is 28.8 Å². The zero-order valence-electron chi connectivity index (χ0n) is 19.0. The minimum absolute atomic E-state index is 0.152. The van der Waals surface area contributed by atoms with Gasteiger partial charge in [0, 0.05) is 25.3 Å². The van der Waals surface area contributed by atoms with Gasteiger partial charge in [0.15, 0.2) is 5.11 Å². The van der Waals surface area contributed by atoms with Crippen LogP contribution in [-0.4, -0.2) is 33.7 Å². The van der Waals surface area contributed by atoms with E-state index in [1.807, 2.05) is 36.4 Å². The molecule has 3 aromatic carbocycles. The average Bonchev–Trinajstić information content (AvgIpc) is 3.38. The third kappa shape index (κ3) is 5.98. The van der Waals surface area contributed by atoms with Crippen LogP contribution in [0.3, 0.4) is 0 Å². The molecule has 0 aliphatic carbocycles. The highest BCUT2D eigenvalue weighted by Crippen LogP contribution is 2.32. The van der Waals surface area contributed by atoms with Crippen molar-refractivity contribution in [3.8, 4) is 5.75 Å². The van der Waals surface area contributed by atoms with Crippen molar-refractivity contribution in [3.63, 3.8) is 0 Å². The largest absolute Gasteiger partial charge is 0.497 e. The van der Waals surface area contributed by atoms with Crippen molar-refractivity contribution in [1.82, 2.24) is 5.32 Å². The van der Waals surface area contributed by atoms with E-state index in [9.17, 15) is 8.42 Å². The van der Waals surface area contributed by atoms with Crippen molar-refractivity contribution in [2.75, 3.05) is 35.1 Å². The van der Waals surface area contributed by atoms with E-state index in [-0.39, 0.29) is 4.90 Å². The number of rotatable bonds is 8. The first-order valence-electron chi connectivity index (χ1n) is 11.1. The number of hydrogen-bond acceptors (Lipinski definition) is 5. The molecule has 1 heterocycles. The smallest absolute Gasteiger partial charge is 0.261 e. The normalized spacial score (nSPS) is 13.4. The summed E-state index contributed by atoms with van der Waals surface area (Å²) >= 11 is 5.52. The molecule has 0 radical (unpaired) electrons. The Morgan fingerprint density at radius 2 is 1.71 bits per heavy atom. The van der Waals surface area contributed by atoms with Crippen molar-refractivity contribution < 1.29 is 13.2 Å². The second kappa shape index (κ2) is 10.8. The number of hydrogen-bond donors (Lipinski definition) is 3. The standard InChI is InChI=1S/C25H28N4O3S2/c1-32-21-11-9-20(10-12-21)28-34(30,31)22-13-14-24(29-15-5-6-16-29)23(17-22)27-25(33)26-18-19-7-3-2-4-8-19/h2-4,7-14,17,28H,5-6,15-16,18H2,1H3,(H2,26,27,33). The second-order valence-corrected chi connectivity index (χ2v) is 10.1. The van der Waals surface area contributed by atoms with E-state index in [0.717, 1.165) is 37.2 Å². The summed E-state index contributed by atoms with van der Waals surface area (Å²) < 4.78 is 34.0. The van der Waals surface area contributed by atoms with Crippen LogP contribution in [0, 0.1) is 0 Å². The molecule has 0 unspecified atom stereocenters. The maximum Gasteiger partial charge on any atom is 0.261 e. The van der Waals surface area contributed by atoms with Crippen LogP contribution in [0.2, 0.25) is 0 Å². The van der Waals surface area contributed by atoms with Crippen molar-refractivity contribution in [2.45, 2.75) is 24.3 Å². The van der Waals surface area contributed by atoms with Gasteiger partial charge in [0.1, 0.15) is 5.75 Å². The zero-order valence-corrected chi connectivity index (χ0v) is 20.6. The Bertz CT molecular complexity index is 1230. The lowest BCUT2D eigenvalue weighted by Gasteiger charge is -2.23. The maximum absolute atomic E-state index is 13.1. The van der Waals surface area contributed by atoms with E-state index in [1.54, 1.807) is 43.5 Å². The number of anilines is 3. The molecule has 1 aliphatic rings. The van der Waals surface area contributed by atoms with E-state index >= 15 is 0 Å². The number of sulfonamides is 1. The summed E-state index contributed by atoms with van der Waals surface area (Å²) in [6.07, 6.45) is 2.21. The summed E-state index contributed by atoms with van der Waals surface area (Å²) in [7, 11) is -2.24. The Labute approximate surface area is 206 Å². The summed E-state index contributed by atoms with van der Waals surface area (Å²) in [6.45, 7) is 2.42. The molecule has 0 aromatic heterocycles. The zero-order chi connectivity index (χ0) is 24.0. The Morgan fingerprint density at radius 1 is 1.00 bits per heavy atom. The van der Waals surface area contributed by atoms with Crippen LogP contribution in [0.1, 0.15) is 18.4 Å². The van der Waals surface area contributed by atoms with Crippen molar-refractivity contribution in [2.24, 2.45) is 0 Å². The fourth-order valence-corrected chi connectivity index (χ4v) is 5.10. The minimum atomic E-state index is -3.80. The fourth-order valence-electron chi connectivity index (χ4n) is 3.83. The Balaban J connectivity index is 1.55. The second-order valence-electron chi connectivity index (χ2n) is 8.00. The number of methoxy groups -OCH3 is 1. The molecule has 0 atom stereocenters. The Kier molecular flexibility index (Phi) is 7.54. The lowest BCUT2D eigenvalue weighted by Crippen LogP contribution is -2.29. The summed E-state index contributed by atoms with van der Waals surface area (Å²) in [5, 5.41) is 6.85. The van der Waals surface area contributed by atoms with Crippen LogP contribution in [0.5, 0.6) is 5.75 Å². The molecule has 3 N–H and O–H groups in total. The molecule has 1 saturated heterocycles. The molecule has 0 bridgehead atoms. The maximum atomic E-state index is 13.1. The molecule has 178 valence electrons. The van der Waals surface area contributed by atoms with Crippen molar-refractivity contribution >= 4 is 44.4 Å². The number of benzene rings is 3. The van der Waals surface area contributed by atoms with Gasteiger partial charge < -0.3 is 20.3 Å². The van der Waals surface area contributed by atoms with E-state index in [2.05, 4.69) is 20.3 Å². The van der Waals surface area contributed by atoms with Crippen LogP contribution in [0.15, 0.2) is 77.7 Å². The van der Waals surface area contributed by atoms with E-state index in [1.165, 1.54) is 0 Å². The van der Waals surface area contributed by atoms with Crippen molar-refractivity contribution in [3.05, 3.63) is 78.4 Å². The third-order valence-electron chi connectivity index (χ3n) is 5.61. The molecular formula is C25H28N4O3S2. The average molecular weight is 497 g/mol. The minimum Gasteiger partial charge on any atom is -0.497 e. The highest BCUT2D eigenvalue weighted by molar-refractivity contribution is 7.92. The molecule has 0 saturated carbocycles. The fraction of sp³-hybridized carbons (Fsp3) is 0.240. The lowest BCUT2D eigenvalue weighted by molar-refractivity contribution is 0.415. The molecule has 4 rings (SSSR count). The Morgan fingerprint density at radius 3 is 2.38 bits per heavy atom. The highest BCUT2D eigenvalue weighted by atomic mass is 32.2. The molecule has 0 spiro atoms. The first kappa shape index (κ1) is 23.8. The highest BCUT2D eigenvalue weighted by Gasteiger charge is 2.21. The van der Waals surface area contributed by atoms with Crippen LogP contribution in [0.4, 0.5) is 17.1 Å². The van der Waals surface area contributed by atoms with Crippen molar-refractivity contribution in [1.29, 1.82) is 0 Å². The van der Waals surface area contributed by atoms with Gasteiger partial charge in [-0.05, 0) is 73.1 Å². The van der Waals surface area contributed by atoms with Crippen LogP contribution < -0.4 is 25.0 Å². The Hall–Kier alpha value is -3.30. The van der Waals surface area contributed by atoms with Gasteiger partial charge in [0.2, 0.25) is 0 Å². The summed E-state index contributed by atoms with van der Waals surface area (Å²) in [5.41, 5.74) is 3.15. The third-order valence-corrected chi connectivity index (χ3v) is 7.24. The topological polar surface area (TPSA) is 82.7 Å². The lowest BCUT2D eigenvalue weighted by atomic mass is 10.2. The quantitative estimate of drug-likeness (QED) is 0.394. The number of ether oxygens (including phenoxy) is 1. The first-order chi connectivity index (χ1) is 16.4. The molecule has 3 aromatic rings. The van der Waals surface area contributed by atoms with Gasteiger partial charge in [-0.1, -0.05) is 30.3 Å². The number of nitrogens with zero attached hydrogens (tertiary/aromatic N) is 1. The molecule has 9 heteroatoms. The first-order valence-corrected chi connectivity index (χ1v) is 13.0. The van der Waals surface area contributed by atoms with Gasteiger partial charge in [-0.3, -0.25) is 4.72 Å². The monoisotopic (exact) mass is 496 g/mol. The number of nitrogens with one attached hydrogen (secondary N) is 3. The van der Waals surface area contributed by atoms with Gasteiger partial charge in [-0.2, -0.15) is 0 Å². The molecule has 34 heavy (non-hydrogen) atoms. The SMILES string of the molecule is COc1ccc(NS(=O)(=O)c2ccc(N3CCCC3)c(NC(=S)NCc3ccccc3)c2)cc1. The van der Waals surface area contributed by atoms with Gasteiger partial charge in [-0.25, -0.2) is 8.42 Å². The van der Waals surface area contributed by atoms with Gasteiger partial charge in [0.05, 0.1) is 23.4 Å². The molecule has 1 fully saturated rings. The summed E-state index contributed by atoms with van der Waals surface area (Å²) in [6, 6.07) is 21.8. The van der Waals surface area contributed by atoms with Gasteiger partial charge in [-0.15, -0.1) is 0 Å². The summed E-state index contributed by atoms with van der Waals surface area (Å²) in [5.74, 6) is 0.654. The predicted molar refractivity (Wildman–Crippen MR) is 141 cm³/mol. The van der Waals surface area contributed by atoms with Crippen LogP contribution >= 0.6 is 12.2 Å². The molecule has 7 nitrogen and oxygen atoms in total. The molecular weight excluding hydrogens is 468 g/mol. The van der Waals surface area contributed by atoms with Crippen LogP contribution in [-0.2, 0) is 16.6 Å². The van der Waals surface area contributed by atoms with Gasteiger partial charge >= 0.3 is 0 Å². The van der Waals surface area contributed by atoms with E-state index < -0.39 is 10.0 Å². The summed E-state index contributed by atoms with van der Waals surface area (Å²) in [4.78, 5) is 2.40. The van der Waals surface area contributed by atoms with E-state index in [4.69, 9.17) is 17.0 Å². The number of thiocarbonyl (C=S) groups is 1. The molecule has 1 aliphatic heterocycles. The predicted octanol–water partition coefficient (Wildman–Crippen LogP) is 4.58. The molecule has 0 amide bonds. The van der Waals surface area contributed by atoms with Crippen LogP contribution in [0.25, 0.3) is 0 Å².